The van der Waals surface area contributed by atoms with E-state index in [4.69, 9.17) is 5.11 Å². The molecule has 1 aromatic heterocycles. The number of nitrogens with zero attached hydrogens (tertiary/aromatic N) is 2. The average molecular weight is 238 g/mol. The molecule has 1 aromatic rings. The van der Waals surface area contributed by atoms with E-state index in [1.165, 1.54) is 0 Å². The summed E-state index contributed by atoms with van der Waals surface area (Å²) < 4.78 is 12.9. The minimum absolute atomic E-state index is 0.119. The molecule has 0 unspecified atom stereocenters. The lowest BCUT2D eigenvalue weighted by Crippen LogP contribution is -2.22. The molecule has 4 nitrogen and oxygen atoms in total. The van der Waals surface area contributed by atoms with E-state index in [0.29, 0.717) is 6.54 Å². The van der Waals surface area contributed by atoms with E-state index in [-0.39, 0.29) is 11.4 Å². The van der Waals surface area contributed by atoms with Crippen LogP contribution in [0.15, 0.2) is 24.9 Å². The summed E-state index contributed by atoms with van der Waals surface area (Å²) in [5.74, 6) is -1.55. The van der Waals surface area contributed by atoms with Crippen molar-refractivity contribution in [3.63, 3.8) is 0 Å². The van der Waals surface area contributed by atoms with Gasteiger partial charge in [0.15, 0.2) is 0 Å². The summed E-state index contributed by atoms with van der Waals surface area (Å²) >= 11 is 0. The highest BCUT2D eigenvalue weighted by atomic mass is 19.1. The maximum atomic E-state index is 12.9. The van der Waals surface area contributed by atoms with Gasteiger partial charge in [0.1, 0.15) is 17.2 Å². The molecule has 0 saturated carbocycles. The number of halogens is 1. The quantitative estimate of drug-likeness (QED) is 0.610. The summed E-state index contributed by atoms with van der Waals surface area (Å²) in [4.78, 5) is 16.5. The summed E-state index contributed by atoms with van der Waals surface area (Å²) in [7, 11) is 1.73. The average Bonchev–Trinajstić information content (AvgIpc) is 2.29. The number of aromatic carboxylic acids is 1. The maximum absolute atomic E-state index is 12.9. The molecule has 17 heavy (non-hydrogen) atoms. The van der Waals surface area contributed by atoms with Crippen LogP contribution >= 0.6 is 0 Å². The van der Waals surface area contributed by atoms with Crippen molar-refractivity contribution in [2.24, 2.45) is 0 Å². The Kier molecular flexibility index (Phi) is 4.63. The molecule has 0 aliphatic heterocycles. The Morgan fingerprint density at radius 3 is 3.00 bits per heavy atom. The summed E-state index contributed by atoms with van der Waals surface area (Å²) in [5.41, 5.74) is -0.119. The SMILES string of the molecule is C=CCCCN(C)c1ncc(F)cc1C(=O)O. The van der Waals surface area contributed by atoms with Gasteiger partial charge in [0, 0.05) is 13.6 Å². The molecule has 1 heterocycles. The number of carboxylic acid groups (broad SMARTS) is 1. The van der Waals surface area contributed by atoms with Crippen molar-refractivity contribution in [1.29, 1.82) is 0 Å². The van der Waals surface area contributed by atoms with Crippen molar-refractivity contribution in [3.8, 4) is 0 Å². The molecular weight excluding hydrogens is 223 g/mol. The molecule has 0 bridgehead atoms. The molecule has 1 N–H and O–H groups in total. The van der Waals surface area contributed by atoms with Crippen molar-refractivity contribution in [1.82, 2.24) is 4.98 Å². The van der Waals surface area contributed by atoms with Crippen LogP contribution in [0, 0.1) is 5.82 Å². The summed E-state index contributed by atoms with van der Waals surface area (Å²) in [6.07, 6.45) is 4.50. The molecule has 0 aliphatic rings. The van der Waals surface area contributed by atoms with Crippen molar-refractivity contribution < 1.29 is 14.3 Å². The van der Waals surface area contributed by atoms with Crippen LogP contribution in [0.3, 0.4) is 0 Å². The number of allylic oxidation sites excluding steroid dienone is 1. The Balaban J connectivity index is 2.88. The molecule has 0 amide bonds. The number of rotatable bonds is 6. The van der Waals surface area contributed by atoms with Crippen LogP contribution in [0.5, 0.6) is 0 Å². The Morgan fingerprint density at radius 2 is 2.41 bits per heavy atom. The zero-order chi connectivity index (χ0) is 12.8. The standard InChI is InChI=1S/C12H15FN2O2/c1-3-4-5-6-15(2)11-10(12(16)17)7-9(13)8-14-11/h3,7-8H,1,4-6H2,2H3,(H,16,17). The van der Waals surface area contributed by atoms with Crippen molar-refractivity contribution in [3.05, 3.63) is 36.3 Å². The minimum Gasteiger partial charge on any atom is -0.478 e. The zero-order valence-electron chi connectivity index (χ0n) is 9.69. The summed E-state index contributed by atoms with van der Waals surface area (Å²) in [6, 6.07) is 0.981. The van der Waals surface area contributed by atoms with Crippen molar-refractivity contribution in [2.45, 2.75) is 12.8 Å². The Hall–Kier alpha value is -1.91. The Labute approximate surface area is 99.4 Å². The second-order valence-corrected chi connectivity index (χ2v) is 3.68. The van der Waals surface area contributed by atoms with Crippen LogP contribution < -0.4 is 4.90 Å². The van der Waals surface area contributed by atoms with Gasteiger partial charge in [0.25, 0.3) is 0 Å². The summed E-state index contributed by atoms with van der Waals surface area (Å²) in [6.45, 7) is 4.25. The number of hydrogen-bond acceptors (Lipinski definition) is 3. The fraction of sp³-hybridized carbons (Fsp3) is 0.333. The minimum atomic E-state index is -1.18. The number of carboxylic acids is 1. The predicted molar refractivity (Wildman–Crippen MR) is 63.9 cm³/mol. The van der Waals surface area contributed by atoms with Crippen molar-refractivity contribution in [2.75, 3.05) is 18.5 Å². The van der Waals surface area contributed by atoms with E-state index in [0.717, 1.165) is 25.1 Å². The van der Waals surface area contributed by atoms with Crippen LogP contribution in [0.2, 0.25) is 0 Å². The number of pyridine rings is 1. The number of aromatic nitrogens is 1. The lowest BCUT2D eigenvalue weighted by atomic mass is 10.2. The third-order valence-corrected chi connectivity index (χ3v) is 2.33. The predicted octanol–water partition coefficient (Wildman–Crippen LogP) is 2.32. The van der Waals surface area contributed by atoms with Crippen LogP contribution in [0.4, 0.5) is 10.2 Å². The first-order valence-corrected chi connectivity index (χ1v) is 5.27. The normalized spacial score (nSPS) is 10.0. The number of unbranched alkanes of at least 4 members (excludes halogenated alkanes) is 1. The first-order chi connectivity index (χ1) is 8.06. The molecule has 0 spiro atoms. The topological polar surface area (TPSA) is 53.4 Å². The molecule has 0 aliphatic carbocycles. The molecule has 0 radical (unpaired) electrons. The van der Waals surface area contributed by atoms with Crippen LogP contribution in [0.25, 0.3) is 0 Å². The number of hydrogen-bond donors (Lipinski definition) is 1. The van der Waals surface area contributed by atoms with E-state index in [2.05, 4.69) is 11.6 Å². The summed E-state index contributed by atoms with van der Waals surface area (Å²) in [5, 5.41) is 8.96. The molecule has 0 saturated heterocycles. The molecule has 0 aromatic carbocycles. The third kappa shape index (κ3) is 3.55. The third-order valence-electron chi connectivity index (χ3n) is 2.33. The monoisotopic (exact) mass is 238 g/mol. The molecule has 1 rings (SSSR count). The zero-order valence-corrected chi connectivity index (χ0v) is 9.69. The highest BCUT2D eigenvalue weighted by Gasteiger charge is 2.15. The molecule has 5 heteroatoms. The van der Waals surface area contributed by atoms with E-state index in [1.54, 1.807) is 18.0 Å². The van der Waals surface area contributed by atoms with Gasteiger partial charge in [-0.1, -0.05) is 6.08 Å². The Morgan fingerprint density at radius 1 is 1.71 bits per heavy atom. The molecule has 92 valence electrons. The van der Waals surface area contributed by atoms with Gasteiger partial charge >= 0.3 is 5.97 Å². The van der Waals surface area contributed by atoms with Gasteiger partial charge in [-0.2, -0.15) is 0 Å². The van der Waals surface area contributed by atoms with Gasteiger partial charge in [0.2, 0.25) is 0 Å². The van der Waals surface area contributed by atoms with Gasteiger partial charge in [-0.3, -0.25) is 0 Å². The fourth-order valence-electron chi connectivity index (χ4n) is 1.47. The van der Waals surface area contributed by atoms with E-state index >= 15 is 0 Å². The van der Waals surface area contributed by atoms with Gasteiger partial charge in [-0.15, -0.1) is 6.58 Å². The van der Waals surface area contributed by atoms with E-state index < -0.39 is 11.8 Å². The van der Waals surface area contributed by atoms with Crippen LogP contribution in [-0.4, -0.2) is 29.7 Å². The lowest BCUT2D eigenvalue weighted by molar-refractivity contribution is 0.0696. The maximum Gasteiger partial charge on any atom is 0.339 e. The van der Waals surface area contributed by atoms with Gasteiger partial charge in [-0.25, -0.2) is 14.2 Å². The number of carbonyl (C=O) groups is 1. The smallest absolute Gasteiger partial charge is 0.339 e. The van der Waals surface area contributed by atoms with Crippen molar-refractivity contribution >= 4 is 11.8 Å². The first kappa shape index (κ1) is 13.2. The van der Waals surface area contributed by atoms with E-state index in [9.17, 15) is 9.18 Å². The van der Waals surface area contributed by atoms with E-state index in [1.807, 2.05) is 0 Å². The highest BCUT2D eigenvalue weighted by molar-refractivity contribution is 5.93. The largest absolute Gasteiger partial charge is 0.478 e. The Bertz CT molecular complexity index is 421. The molecule has 0 atom stereocenters. The second kappa shape index (κ2) is 5.98. The first-order valence-electron chi connectivity index (χ1n) is 5.27. The highest BCUT2D eigenvalue weighted by Crippen LogP contribution is 2.17. The fourth-order valence-corrected chi connectivity index (χ4v) is 1.47. The molecular formula is C12H15FN2O2. The number of anilines is 1. The van der Waals surface area contributed by atoms with Gasteiger partial charge in [0.05, 0.1) is 6.20 Å². The van der Waals surface area contributed by atoms with Gasteiger partial charge < -0.3 is 10.0 Å². The van der Waals surface area contributed by atoms with Crippen LogP contribution in [0.1, 0.15) is 23.2 Å². The van der Waals surface area contributed by atoms with Gasteiger partial charge in [-0.05, 0) is 18.9 Å². The molecule has 0 fully saturated rings. The van der Waals surface area contributed by atoms with Crippen LogP contribution in [-0.2, 0) is 0 Å². The lowest BCUT2D eigenvalue weighted by Gasteiger charge is -2.19. The second-order valence-electron chi connectivity index (χ2n) is 3.68.